The standard InChI is InChI=1S/C15H12Cl2N4O2/c1-9(20-21-15(23)10-4-6-18-7-5-10)14(22)19-11-2-3-12(16)13(17)8-11/h2-8H,1H3,(H,19,22)(H,21,23)/b20-9+. The van der Waals surface area contributed by atoms with Crippen LogP contribution < -0.4 is 10.7 Å². The lowest BCUT2D eigenvalue weighted by molar-refractivity contribution is -0.110. The number of hydrogen-bond acceptors (Lipinski definition) is 4. The molecule has 1 heterocycles. The molecule has 0 aliphatic rings. The second-order valence-corrected chi connectivity index (χ2v) is 5.27. The van der Waals surface area contributed by atoms with E-state index in [4.69, 9.17) is 23.2 Å². The monoisotopic (exact) mass is 350 g/mol. The third kappa shape index (κ3) is 4.77. The SMILES string of the molecule is C/C(=N\NC(=O)c1ccncc1)C(=O)Nc1ccc(Cl)c(Cl)c1. The summed E-state index contributed by atoms with van der Waals surface area (Å²) in [5.74, 6) is -0.910. The molecule has 1 aromatic heterocycles. The fraction of sp³-hybridized carbons (Fsp3) is 0.0667. The van der Waals surface area contributed by atoms with E-state index >= 15 is 0 Å². The van der Waals surface area contributed by atoms with Gasteiger partial charge in [0.1, 0.15) is 5.71 Å². The molecule has 6 nitrogen and oxygen atoms in total. The van der Waals surface area contributed by atoms with Gasteiger partial charge in [-0.15, -0.1) is 0 Å². The fourth-order valence-corrected chi connectivity index (χ4v) is 1.85. The number of carbonyl (C=O) groups is 2. The molecule has 2 rings (SSSR count). The van der Waals surface area contributed by atoms with E-state index in [0.717, 1.165) is 0 Å². The third-order valence-corrected chi connectivity index (χ3v) is 3.51. The molecule has 0 aliphatic heterocycles. The quantitative estimate of drug-likeness (QED) is 0.656. The fourth-order valence-electron chi connectivity index (χ4n) is 1.55. The second kappa shape index (κ2) is 7.71. The zero-order chi connectivity index (χ0) is 16.8. The molecule has 0 bridgehead atoms. The van der Waals surface area contributed by atoms with Crippen molar-refractivity contribution in [3.8, 4) is 0 Å². The number of rotatable bonds is 4. The van der Waals surface area contributed by atoms with Crippen molar-refractivity contribution in [2.24, 2.45) is 5.10 Å². The summed E-state index contributed by atoms with van der Waals surface area (Å²) in [5, 5.41) is 7.07. The van der Waals surface area contributed by atoms with Crippen molar-refractivity contribution >= 4 is 46.4 Å². The van der Waals surface area contributed by atoms with Gasteiger partial charge in [0.2, 0.25) is 0 Å². The summed E-state index contributed by atoms with van der Waals surface area (Å²) in [5.41, 5.74) is 3.24. The molecule has 0 radical (unpaired) electrons. The molecule has 0 spiro atoms. The van der Waals surface area contributed by atoms with Gasteiger partial charge in [-0.25, -0.2) is 5.43 Å². The van der Waals surface area contributed by atoms with Gasteiger partial charge in [-0.3, -0.25) is 14.6 Å². The second-order valence-electron chi connectivity index (χ2n) is 4.46. The number of pyridine rings is 1. The van der Waals surface area contributed by atoms with Crippen molar-refractivity contribution in [2.75, 3.05) is 5.32 Å². The van der Waals surface area contributed by atoms with Crippen molar-refractivity contribution in [2.45, 2.75) is 6.92 Å². The van der Waals surface area contributed by atoms with E-state index in [-0.39, 0.29) is 5.71 Å². The lowest BCUT2D eigenvalue weighted by Crippen LogP contribution is -2.25. The largest absolute Gasteiger partial charge is 0.321 e. The molecule has 0 atom stereocenters. The van der Waals surface area contributed by atoms with Crippen LogP contribution in [0.2, 0.25) is 10.0 Å². The Bertz CT molecular complexity index is 763. The van der Waals surface area contributed by atoms with Gasteiger partial charge < -0.3 is 5.32 Å². The lowest BCUT2D eigenvalue weighted by atomic mass is 10.2. The molecular formula is C15H12Cl2N4O2. The number of benzene rings is 1. The number of anilines is 1. The van der Waals surface area contributed by atoms with E-state index in [1.165, 1.54) is 37.5 Å². The van der Waals surface area contributed by atoms with E-state index in [0.29, 0.717) is 21.3 Å². The summed E-state index contributed by atoms with van der Waals surface area (Å²) >= 11 is 11.7. The van der Waals surface area contributed by atoms with Gasteiger partial charge in [0.25, 0.3) is 11.8 Å². The Morgan fingerprint density at radius 1 is 1.09 bits per heavy atom. The van der Waals surface area contributed by atoms with Gasteiger partial charge in [0.05, 0.1) is 10.0 Å². The minimum atomic E-state index is -0.474. The molecule has 118 valence electrons. The van der Waals surface area contributed by atoms with Crippen LogP contribution in [0, 0.1) is 0 Å². The van der Waals surface area contributed by atoms with Crippen LogP contribution in [0.1, 0.15) is 17.3 Å². The van der Waals surface area contributed by atoms with Gasteiger partial charge in [-0.05, 0) is 37.3 Å². The summed E-state index contributed by atoms with van der Waals surface area (Å²) in [4.78, 5) is 27.6. The van der Waals surface area contributed by atoms with Crippen LogP contribution in [-0.2, 0) is 4.79 Å². The molecule has 0 saturated carbocycles. The number of nitrogens with zero attached hydrogens (tertiary/aromatic N) is 2. The van der Waals surface area contributed by atoms with E-state index in [1.54, 1.807) is 12.1 Å². The van der Waals surface area contributed by atoms with Crippen LogP contribution in [0.25, 0.3) is 0 Å². The molecule has 2 amide bonds. The predicted molar refractivity (Wildman–Crippen MR) is 89.9 cm³/mol. The predicted octanol–water partition coefficient (Wildman–Crippen LogP) is 3.13. The maximum atomic E-state index is 12.0. The van der Waals surface area contributed by atoms with Gasteiger partial charge in [-0.2, -0.15) is 5.10 Å². The first-order valence-electron chi connectivity index (χ1n) is 6.48. The molecule has 23 heavy (non-hydrogen) atoms. The first-order chi connectivity index (χ1) is 11.0. The normalized spacial score (nSPS) is 11.0. The minimum absolute atomic E-state index is 0.0819. The van der Waals surface area contributed by atoms with Crippen molar-refractivity contribution in [1.29, 1.82) is 0 Å². The van der Waals surface area contributed by atoms with E-state index in [2.05, 4.69) is 20.8 Å². The minimum Gasteiger partial charge on any atom is -0.321 e. The Morgan fingerprint density at radius 2 is 1.78 bits per heavy atom. The highest BCUT2D eigenvalue weighted by atomic mass is 35.5. The summed E-state index contributed by atoms with van der Waals surface area (Å²) < 4.78 is 0. The van der Waals surface area contributed by atoms with Crippen LogP contribution in [0.5, 0.6) is 0 Å². The lowest BCUT2D eigenvalue weighted by Gasteiger charge is -2.06. The molecule has 2 N–H and O–H groups in total. The average Bonchev–Trinajstić information content (AvgIpc) is 2.56. The van der Waals surface area contributed by atoms with Gasteiger partial charge in [0.15, 0.2) is 0 Å². The van der Waals surface area contributed by atoms with Crippen LogP contribution in [-0.4, -0.2) is 22.5 Å². The first-order valence-corrected chi connectivity index (χ1v) is 7.24. The van der Waals surface area contributed by atoms with Crippen molar-refractivity contribution in [1.82, 2.24) is 10.4 Å². The highest BCUT2D eigenvalue weighted by molar-refractivity contribution is 6.43. The maximum Gasteiger partial charge on any atom is 0.271 e. The number of hydrazone groups is 1. The molecule has 2 aromatic rings. The van der Waals surface area contributed by atoms with Gasteiger partial charge >= 0.3 is 0 Å². The molecule has 8 heteroatoms. The Kier molecular flexibility index (Phi) is 5.67. The molecule has 0 saturated heterocycles. The van der Waals surface area contributed by atoms with Crippen molar-refractivity contribution in [3.63, 3.8) is 0 Å². The van der Waals surface area contributed by atoms with Gasteiger partial charge in [-0.1, -0.05) is 23.2 Å². The number of halogens is 2. The highest BCUT2D eigenvalue weighted by Gasteiger charge is 2.09. The third-order valence-electron chi connectivity index (χ3n) is 2.77. The van der Waals surface area contributed by atoms with E-state index < -0.39 is 11.8 Å². The summed E-state index contributed by atoms with van der Waals surface area (Å²) in [6.07, 6.45) is 2.98. The number of amides is 2. The Hall–Kier alpha value is -2.44. The maximum absolute atomic E-state index is 12.0. The topological polar surface area (TPSA) is 83.5 Å². The van der Waals surface area contributed by atoms with E-state index in [1.807, 2.05) is 0 Å². The van der Waals surface area contributed by atoms with Crippen LogP contribution in [0.4, 0.5) is 5.69 Å². The molecular weight excluding hydrogens is 339 g/mol. The number of hydrogen-bond donors (Lipinski definition) is 2. The van der Waals surface area contributed by atoms with E-state index in [9.17, 15) is 9.59 Å². The van der Waals surface area contributed by atoms with Crippen molar-refractivity contribution < 1.29 is 9.59 Å². The Labute approximate surface area is 142 Å². The average molecular weight is 351 g/mol. The van der Waals surface area contributed by atoms with Crippen LogP contribution in [0.15, 0.2) is 47.8 Å². The molecule has 0 unspecified atom stereocenters. The molecule has 1 aromatic carbocycles. The first kappa shape index (κ1) is 16.9. The molecule has 0 aliphatic carbocycles. The van der Waals surface area contributed by atoms with Crippen LogP contribution in [0.3, 0.4) is 0 Å². The number of nitrogens with one attached hydrogen (secondary N) is 2. The zero-order valence-electron chi connectivity index (χ0n) is 12.0. The number of carbonyl (C=O) groups excluding carboxylic acids is 2. The summed E-state index contributed by atoms with van der Waals surface area (Å²) in [7, 11) is 0. The van der Waals surface area contributed by atoms with Crippen molar-refractivity contribution in [3.05, 3.63) is 58.3 Å². The number of aromatic nitrogens is 1. The zero-order valence-corrected chi connectivity index (χ0v) is 13.5. The smallest absolute Gasteiger partial charge is 0.271 e. The highest BCUT2D eigenvalue weighted by Crippen LogP contribution is 2.24. The van der Waals surface area contributed by atoms with Crippen LogP contribution >= 0.6 is 23.2 Å². The molecule has 0 fully saturated rings. The Balaban J connectivity index is 1.98. The Morgan fingerprint density at radius 3 is 2.43 bits per heavy atom. The summed E-state index contributed by atoms with van der Waals surface area (Å²) in [6.45, 7) is 1.47. The van der Waals surface area contributed by atoms with Gasteiger partial charge in [0, 0.05) is 23.6 Å². The summed E-state index contributed by atoms with van der Waals surface area (Å²) in [6, 6.07) is 7.77.